The van der Waals surface area contributed by atoms with Gasteiger partial charge in [0.05, 0.1) is 0 Å². The van der Waals surface area contributed by atoms with Gasteiger partial charge in [-0.15, -0.1) is 0 Å². The average Bonchev–Trinajstić information content (AvgIpc) is 2.43. The zero-order chi connectivity index (χ0) is 14.3. The molecule has 4 heteroatoms. The minimum Gasteiger partial charge on any atom is -0.339 e. The van der Waals surface area contributed by atoms with Gasteiger partial charge in [0.1, 0.15) is 0 Å². The normalized spacial score (nSPS) is 12.2. The van der Waals surface area contributed by atoms with Crippen LogP contribution in [0.15, 0.2) is 24.3 Å². The molecule has 0 spiro atoms. The summed E-state index contributed by atoms with van der Waals surface area (Å²) in [6.45, 7) is 5.95. The van der Waals surface area contributed by atoms with Crippen molar-refractivity contribution >= 4 is 17.5 Å². The number of nitrogens with zero attached hydrogens (tertiary/aromatic N) is 1. The Morgan fingerprint density at radius 3 is 2.68 bits per heavy atom. The molecule has 1 atom stereocenters. The second-order valence-corrected chi connectivity index (χ2v) is 5.29. The molecular formula is C15H23ClN2O. The Kier molecular flexibility index (Phi) is 6.89. The van der Waals surface area contributed by atoms with Crippen LogP contribution in [0.3, 0.4) is 0 Å². The Morgan fingerprint density at radius 1 is 1.42 bits per heavy atom. The smallest absolute Gasteiger partial charge is 0.222 e. The molecule has 1 rings (SSSR count). The van der Waals surface area contributed by atoms with Crippen LogP contribution in [-0.4, -0.2) is 23.9 Å². The summed E-state index contributed by atoms with van der Waals surface area (Å²) >= 11 is 6.13. The summed E-state index contributed by atoms with van der Waals surface area (Å²) in [7, 11) is 0. The Morgan fingerprint density at radius 2 is 2.11 bits per heavy atom. The number of carbonyl (C=O) groups is 1. The number of carbonyl (C=O) groups excluding carboxylic acids is 1. The Bertz CT molecular complexity index is 409. The molecule has 1 amide bonds. The van der Waals surface area contributed by atoms with Crippen LogP contribution in [0.25, 0.3) is 0 Å². The van der Waals surface area contributed by atoms with Gasteiger partial charge in [0.25, 0.3) is 0 Å². The van der Waals surface area contributed by atoms with Gasteiger partial charge in [-0.05, 0) is 37.4 Å². The molecule has 106 valence electrons. The van der Waals surface area contributed by atoms with Crippen molar-refractivity contribution in [1.29, 1.82) is 0 Å². The molecule has 0 aliphatic carbocycles. The summed E-state index contributed by atoms with van der Waals surface area (Å²) in [5.74, 6) is 0.561. The van der Waals surface area contributed by atoms with E-state index in [9.17, 15) is 4.79 Å². The third kappa shape index (κ3) is 5.21. The maximum Gasteiger partial charge on any atom is 0.222 e. The monoisotopic (exact) mass is 282 g/mol. The fraction of sp³-hybridized carbons (Fsp3) is 0.533. The Balaban J connectivity index is 2.58. The van der Waals surface area contributed by atoms with Gasteiger partial charge in [-0.1, -0.05) is 36.7 Å². The van der Waals surface area contributed by atoms with Crippen molar-refractivity contribution in [3.63, 3.8) is 0 Å². The fourth-order valence-corrected chi connectivity index (χ4v) is 2.05. The van der Waals surface area contributed by atoms with Gasteiger partial charge in [-0.2, -0.15) is 0 Å². The van der Waals surface area contributed by atoms with E-state index >= 15 is 0 Å². The van der Waals surface area contributed by atoms with Crippen molar-refractivity contribution in [3.05, 3.63) is 34.9 Å². The van der Waals surface area contributed by atoms with E-state index in [0.29, 0.717) is 37.0 Å². The van der Waals surface area contributed by atoms with Crippen LogP contribution in [0.5, 0.6) is 0 Å². The highest BCUT2D eigenvalue weighted by molar-refractivity contribution is 6.31. The molecule has 0 heterocycles. The quantitative estimate of drug-likeness (QED) is 0.835. The summed E-state index contributed by atoms with van der Waals surface area (Å²) in [4.78, 5) is 14.0. The maximum absolute atomic E-state index is 12.2. The van der Waals surface area contributed by atoms with Crippen molar-refractivity contribution in [1.82, 2.24) is 4.90 Å². The molecule has 0 bridgehead atoms. The summed E-state index contributed by atoms with van der Waals surface area (Å²) in [6.07, 6.45) is 1.39. The molecule has 1 unspecified atom stereocenters. The molecule has 3 nitrogen and oxygen atoms in total. The lowest BCUT2D eigenvalue weighted by molar-refractivity contribution is -0.131. The number of nitrogens with two attached hydrogens (primary N) is 1. The lowest BCUT2D eigenvalue weighted by Gasteiger charge is -2.22. The van der Waals surface area contributed by atoms with E-state index < -0.39 is 0 Å². The number of hydrogen-bond donors (Lipinski definition) is 1. The minimum absolute atomic E-state index is 0.169. The van der Waals surface area contributed by atoms with E-state index in [1.54, 1.807) is 0 Å². The Labute approximate surface area is 120 Å². The zero-order valence-electron chi connectivity index (χ0n) is 11.7. The molecule has 1 aromatic rings. The van der Waals surface area contributed by atoms with Crippen LogP contribution in [-0.2, 0) is 11.3 Å². The van der Waals surface area contributed by atoms with Crippen LogP contribution < -0.4 is 5.73 Å². The largest absolute Gasteiger partial charge is 0.339 e. The van der Waals surface area contributed by atoms with E-state index in [4.69, 9.17) is 17.3 Å². The van der Waals surface area contributed by atoms with Crippen LogP contribution in [0, 0.1) is 5.92 Å². The first-order chi connectivity index (χ1) is 9.08. The molecule has 0 radical (unpaired) electrons. The first kappa shape index (κ1) is 16.0. The lowest BCUT2D eigenvalue weighted by Crippen LogP contribution is -2.30. The van der Waals surface area contributed by atoms with E-state index in [1.165, 1.54) is 0 Å². The third-order valence-electron chi connectivity index (χ3n) is 3.31. The molecule has 0 aliphatic rings. The number of amides is 1. The summed E-state index contributed by atoms with van der Waals surface area (Å²) in [5.41, 5.74) is 6.56. The van der Waals surface area contributed by atoms with E-state index in [-0.39, 0.29) is 5.91 Å². The SMILES string of the molecule is CCN(Cc1ccccc1Cl)C(=O)CCC(C)CN. The van der Waals surface area contributed by atoms with Crippen molar-refractivity contribution in [2.75, 3.05) is 13.1 Å². The van der Waals surface area contributed by atoms with Gasteiger partial charge in [0, 0.05) is 24.5 Å². The molecule has 0 fully saturated rings. The molecule has 0 aromatic heterocycles. The second-order valence-electron chi connectivity index (χ2n) is 4.88. The van der Waals surface area contributed by atoms with Gasteiger partial charge in [-0.25, -0.2) is 0 Å². The highest BCUT2D eigenvalue weighted by Crippen LogP contribution is 2.18. The maximum atomic E-state index is 12.2. The van der Waals surface area contributed by atoms with Crippen LogP contribution in [0.4, 0.5) is 0 Å². The highest BCUT2D eigenvalue weighted by Gasteiger charge is 2.14. The van der Waals surface area contributed by atoms with Crippen molar-refractivity contribution in [2.45, 2.75) is 33.2 Å². The van der Waals surface area contributed by atoms with Gasteiger partial charge in [0.15, 0.2) is 0 Å². The minimum atomic E-state index is 0.169. The fourth-order valence-electron chi connectivity index (χ4n) is 1.85. The summed E-state index contributed by atoms with van der Waals surface area (Å²) < 4.78 is 0. The average molecular weight is 283 g/mol. The van der Waals surface area contributed by atoms with E-state index in [0.717, 1.165) is 12.0 Å². The molecule has 0 saturated carbocycles. The number of halogens is 1. The topological polar surface area (TPSA) is 46.3 Å². The predicted molar refractivity (Wildman–Crippen MR) is 80.0 cm³/mol. The third-order valence-corrected chi connectivity index (χ3v) is 3.68. The second kappa shape index (κ2) is 8.18. The molecular weight excluding hydrogens is 260 g/mol. The van der Waals surface area contributed by atoms with Crippen molar-refractivity contribution in [3.8, 4) is 0 Å². The van der Waals surface area contributed by atoms with Crippen LogP contribution in [0.2, 0.25) is 5.02 Å². The number of hydrogen-bond acceptors (Lipinski definition) is 2. The molecule has 2 N–H and O–H groups in total. The van der Waals surface area contributed by atoms with Crippen LogP contribution >= 0.6 is 11.6 Å². The van der Waals surface area contributed by atoms with Crippen molar-refractivity contribution in [2.24, 2.45) is 11.7 Å². The van der Waals surface area contributed by atoms with Gasteiger partial charge >= 0.3 is 0 Å². The number of benzene rings is 1. The van der Waals surface area contributed by atoms with Gasteiger partial charge in [-0.3, -0.25) is 4.79 Å². The van der Waals surface area contributed by atoms with E-state index in [1.807, 2.05) is 36.1 Å². The molecule has 0 saturated heterocycles. The summed E-state index contributed by atoms with van der Waals surface area (Å²) in [6, 6.07) is 7.65. The standard InChI is InChI=1S/C15H23ClN2O/c1-3-18(15(19)9-8-12(2)10-17)11-13-6-4-5-7-14(13)16/h4-7,12H,3,8-11,17H2,1-2H3. The van der Waals surface area contributed by atoms with Crippen LogP contribution in [0.1, 0.15) is 32.3 Å². The molecule has 1 aromatic carbocycles. The first-order valence-electron chi connectivity index (χ1n) is 6.79. The Hall–Kier alpha value is -1.06. The van der Waals surface area contributed by atoms with Gasteiger partial charge < -0.3 is 10.6 Å². The van der Waals surface area contributed by atoms with Gasteiger partial charge in [0.2, 0.25) is 5.91 Å². The predicted octanol–water partition coefficient (Wildman–Crippen LogP) is 3.06. The summed E-state index contributed by atoms with van der Waals surface area (Å²) in [5, 5.41) is 0.712. The highest BCUT2D eigenvalue weighted by atomic mass is 35.5. The van der Waals surface area contributed by atoms with E-state index in [2.05, 4.69) is 6.92 Å². The number of rotatable bonds is 7. The molecule has 19 heavy (non-hydrogen) atoms. The molecule has 0 aliphatic heterocycles. The zero-order valence-corrected chi connectivity index (χ0v) is 12.5. The first-order valence-corrected chi connectivity index (χ1v) is 7.17. The lowest BCUT2D eigenvalue weighted by atomic mass is 10.1. The van der Waals surface area contributed by atoms with Crippen molar-refractivity contribution < 1.29 is 4.79 Å².